The Morgan fingerprint density at radius 2 is 2.05 bits per heavy atom. The average Bonchev–Trinajstić information content (AvgIpc) is 2.87. The van der Waals surface area contributed by atoms with Crippen molar-refractivity contribution < 1.29 is 18.7 Å². The minimum Gasteiger partial charge on any atom is -0.394 e. The van der Waals surface area contributed by atoms with Gasteiger partial charge in [-0.15, -0.1) is 11.8 Å². The van der Waals surface area contributed by atoms with Gasteiger partial charge in [-0.3, -0.25) is 4.79 Å². The van der Waals surface area contributed by atoms with Gasteiger partial charge in [0.15, 0.2) is 0 Å². The van der Waals surface area contributed by atoms with Crippen LogP contribution in [-0.2, 0) is 4.79 Å². The molecule has 110 valence electrons. The second kappa shape index (κ2) is 6.54. The first-order valence-electron chi connectivity index (χ1n) is 6.54. The van der Waals surface area contributed by atoms with E-state index in [-0.39, 0.29) is 23.2 Å². The van der Waals surface area contributed by atoms with Crippen LogP contribution in [0.2, 0.25) is 0 Å². The van der Waals surface area contributed by atoms with Crippen LogP contribution in [-0.4, -0.2) is 28.9 Å². The SMILES string of the molecule is O=C(CSc1ccc(F)cc1F)NC1(CO)CCCC1. The Bertz CT molecular complexity index is 490. The van der Waals surface area contributed by atoms with Crippen LogP contribution in [0.15, 0.2) is 23.1 Å². The second-order valence-electron chi connectivity index (χ2n) is 5.06. The van der Waals surface area contributed by atoms with Crippen LogP contribution in [0.5, 0.6) is 0 Å². The standard InChI is InChI=1S/C14H17F2NO2S/c15-10-3-4-12(11(16)7-10)20-8-13(19)17-14(9-18)5-1-2-6-14/h3-4,7,18H,1-2,5-6,8-9H2,(H,17,19). The molecule has 0 spiro atoms. The molecule has 0 heterocycles. The van der Waals surface area contributed by atoms with Crippen molar-refractivity contribution in [2.45, 2.75) is 36.1 Å². The van der Waals surface area contributed by atoms with E-state index in [1.165, 1.54) is 6.07 Å². The van der Waals surface area contributed by atoms with Gasteiger partial charge in [-0.2, -0.15) is 0 Å². The highest BCUT2D eigenvalue weighted by atomic mass is 32.2. The largest absolute Gasteiger partial charge is 0.394 e. The summed E-state index contributed by atoms with van der Waals surface area (Å²) in [5.74, 6) is -1.50. The summed E-state index contributed by atoms with van der Waals surface area (Å²) in [7, 11) is 0. The molecule has 1 aromatic rings. The molecule has 1 saturated carbocycles. The van der Waals surface area contributed by atoms with Crippen LogP contribution < -0.4 is 5.32 Å². The van der Waals surface area contributed by atoms with Crippen molar-refractivity contribution in [1.82, 2.24) is 5.32 Å². The summed E-state index contributed by atoms with van der Waals surface area (Å²) in [5, 5.41) is 12.2. The van der Waals surface area contributed by atoms with E-state index in [9.17, 15) is 18.7 Å². The van der Waals surface area contributed by atoms with Crippen molar-refractivity contribution in [3.8, 4) is 0 Å². The quantitative estimate of drug-likeness (QED) is 0.822. The smallest absolute Gasteiger partial charge is 0.230 e. The highest BCUT2D eigenvalue weighted by Gasteiger charge is 2.34. The van der Waals surface area contributed by atoms with E-state index in [4.69, 9.17) is 0 Å². The zero-order valence-corrected chi connectivity index (χ0v) is 11.8. The fourth-order valence-electron chi connectivity index (χ4n) is 2.44. The number of nitrogens with one attached hydrogen (secondary N) is 1. The van der Waals surface area contributed by atoms with Crippen molar-refractivity contribution in [3.63, 3.8) is 0 Å². The van der Waals surface area contributed by atoms with Crippen LogP contribution in [0.4, 0.5) is 8.78 Å². The lowest BCUT2D eigenvalue weighted by Crippen LogP contribution is -2.49. The number of aliphatic hydroxyl groups is 1. The first kappa shape index (κ1) is 15.3. The minimum atomic E-state index is -0.666. The first-order chi connectivity index (χ1) is 9.54. The number of thioether (sulfide) groups is 1. The van der Waals surface area contributed by atoms with E-state index in [0.717, 1.165) is 49.6 Å². The molecule has 1 amide bonds. The van der Waals surface area contributed by atoms with Gasteiger partial charge in [0.1, 0.15) is 11.6 Å². The number of hydrogen-bond donors (Lipinski definition) is 2. The van der Waals surface area contributed by atoms with Gasteiger partial charge >= 0.3 is 0 Å². The van der Waals surface area contributed by atoms with Crippen molar-refractivity contribution in [1.29, 1.82) is 0 Å². The van der Waals surface area contributed by atoms with E-state index in [1.54, 1.807) is 0 Å². The number of carbonyl (C=O) groups is 1. The van der Waals surface area contributed by atoms with Gasteiger partial charge in [0.05, 0.1) is 17.9 Å². The number of carbonyl (C=O) groups excluding carboxylic acids is 1. The lowest BCUT2D eigenvalue weighted by Gasteiger charge is -2.27. The number of amides is 1. The van der Waals surface area contributed by atoms with Crippen LogP contribution in [0.1, 0.15) is 25.7 Å². The molecule has 0 aliphatic heterocycles. The van der Waals surface area contributed by atoms with Crippen LogP contribution >= 0.6 is 11.8 Å². The number of aliphatic hydroxyl groups excluding tert-OH is 1. The zero-order valence-electron chi connectivity index (χ0n) is 11.0. The lowest BCUT2D eigenvalue weighted by atomic mass is 9.99. The molecule has 1 fully saturated rings. The van der Waals surface area contributed by atoms with Crippen molar-refractivity contribution in [3.05, 3.63) is 29.8 Å². The van der Waals surface area contributed by atoms with Gasteiger partial charge in [-0.05, 0) is 25.0 Å². The highest BCUT2D eigenvalue weighted by molar-refractivity contribution is 8.00. The number of halogens is 2. The molecule has 0 unspecified atom stereocenters. The number of rotatable bonds is 5. The van der Waals surface area contributed by atoms with Crippen molar-refractivity contribution in [2.24, 2.45) is 0 Å². The first-order valence-corrected chi connectivity index (χ1v) is 7.53. The van der Waals surface area contributed by atoms with Gasteiger partial charge < -0.3 is 10.4 Å². The predicted octanol–water partition coefficient (Wildman–Crippen LogP) is 2.48. The van der Waals surface area contributed by atoms with Crippen LogP contribution in [0.25, 0.3) is 0 Å². The molecule has 1 aromatic carbocycles. The summed E-state index contributed by atoms with van der Waals surface area (Å²) in [6.45, 7) is -0.0751. The molecule has 0 saturated heterocycles. The Morgan fingerprint density at radius 1 is 1.35 bits per heavy atom. The van der Waals surface area contributed by atoms with Gasteiger partial charge in [-0.1, -0.05) is 12.8 Å². The summed E-state index contributed by atoms with van der Waals surface area (Å²) < 4.78 is 26.2. The minimum absolute atomic E-state index is 0.0459. The Hall–Kier alpha value is -1.14. The monoisotopic (exact) mass is 301 g/mol. The van der Waals surface area contributed by atoms with E-state index < -0.39 is 17.2 Å². The fraction of sp³-hybridized carbons (Fsp3) is 0.500. The molecule has 0 aromatic heterocycles. The van der Waals surface area contributed by atoms with E-state index in [2.05, 4.69) is 5.32 Å². The van der Waals surface area contributed by atoms with Gasteiger partial charge in [0, 0.05) is 11.0 Å². The van der Waals surface area contributed by atoms with Gasteiger partial charge in [-0.25, -0.2) is 8.78 Å². The number of hydrogen-bond acceptors (Lipinski definition) is 3. The molecule has 2 N–H and O–H groups in total. The van der Waals surface area contributed by atoms with Gasteiger partial charge in [0.25, 0.3) is 0 Å². The molecule has 0 radical (unpaired) electrons. The highest BCUT2D eigenvalue weighted by Crippen LogP contribution is 2.29. The number of benzene rings is 1. The normalized spacial score (nSPS) is 17.1. The van der Waals surface area contributed by atoms with Gasteiger partial charge in [0.2, 0.25) is 5.91 Å². The third kappa shape index (κ3) is 3.70. The summed E-state index contributed by atoms with van der Waals surface area (Å²) in [5.41, 5.74) is -0.515. The topological polar surface area (TPSA) is 49.3 Å². The van der Waals surface area contributed by atoms with Crippen molar-refractivity contribution in [2.75, 3.05) is 12.4 Å². The van der Waals surface area contributed by atoms with Crippen LogP contribution in [0.3, 0.4) is 0 Å². The molecule has 0 bridgehead atoms. The Balaban J connectivity index is 1.89. The third-order valence-electron chi connectivity index (χ3n) is 3.52. The molecule has 1 aliphatic rings. The zero-order chi connectivity index (χ0) is 14.6. The Labute approximate surface area is 120 Å². The molecular formula is C14H17F2NO2S. The molecule has 6 heteroatoms. The lowest BCUT2D eigenvalue weighted by molar-refractivity contribution is -0.121. The maximum Gasteiger partial charge on any atom is 0.230 e. The molecule has 3 nitrogen and oxygen atoms in total. The fourth-order valence-corrected chi connectivity index (χ4v) is 3.16. The van der Waals surface area contributed by atoms with Crippen LogP contribution in [0, 0.1) is 11.6 Å². The van der Waals surface area contributed by atoms with Crippen molar-refractivity contribution >= 4 is 17.7 Å². The molecule has 20 heavy (non-hydrogen) atoms. The molecular weight excluding hydrogens is 284 g/mol. The summed E-state index contributed by atoms with van der Waals surface area (Å²) in [4.78, 5) is 12.1. The third-order valence-corrected chi connectivity index (χ3v) is 4.57. The summed E-state index contributed by atoms with van der Waals surface area (Å²) in [6, 6.07) is 3.28. The Kier molecular flexibility index (Phi) is 4.99. The molecule has 0 atom stereocenters. The average molecular weight is 301 g/mol. The maximum atomic E-state index is 13.4. The molecule has 1 aliphatic carbocycles. The van der Waals surface area contributed by atoms with E-state index in [1.807, 2.05) is 0 Å². The molecule has 2 rings (SSSR count). The van der Waals surface area contributed by atoms with E-state index in [0.29, 0.717) is 0 Å². The maximum absolute atomic E-state index is 13.4. The second-order valence-corrected chi connectivity index (χ2v) is 6.07. The van der Waals surface area contributed by atoms with E-state index >= 15 is 0 Å². The summed E-state index contributed by atoms with van der Waals surface area (Å²) in [6.07, 6.45) is 3.51. The summed E-state index contributed by atoms with van der Waals surface area (Å²) >= 11 is 1.02. The predicted molar refractivity (Wildman–Crippen MR) is 73.5 cm³/mol. The Morgan fingerprint density at radius 3 is 2.65 bits per heavy atom.